The summed E-state index contributed by atoms with van der Waals surface area (Å²) < 4.78 is 11.0. The van der Waals surface area contributed by atoms with E-state index in [-0.39, 0.29) is 18.1 Å². The number of fused-ring (bicyclic) bond motifs is 1. The molecular formula is C22H22N2O3. The molecule has 2 aromatic rings. The van der Waals surface area contributed by atoms with E-state index in [1.165, 1.54) is 0 Å². The van der Waals surface area contributed by atoms with Crippen molar-refractivity contribution in [1.29, 1.82) is 5.26 Å². The number of benzene rings is 2. The van der Waals surface area contributed by atoms with Gasteiger partial charge in [-0.25, -0.2) is 4.79 Å². The Morgan fingerprint density at radius 2 is 1.96 bits per heavy atom. The number of nitrogens with two attached hydrogens (primary N) is 1. The molecule has 0 fully saturated rings. The molecule has 0 bridgehead atoms. The van der Waals surface area contributed by atoms with Crippen LogP contribution in [-0.4, -0.2) is 12.6 Å². The fourth-order valence-electron chi connectivity index (χ4n) is 3.48. The van der Waals surface area contributed by atoms with Crippen LogP contribution in [0.5, 0.6) is 0 Å². The fourth-order valence-corrected chi connectivity index (χ4v) is 3.48. The van der Waals surface area contributed by atoms with Crippen molar-refractivity contribution in [2.24, 2.45) is 5.73 Å². The molecule has 2 aromatic carbocycles. The van der Waals surface area contributed by atoms with Crippen molar-refractivity contribution >= 4 is 16.7 Å². The van der Waals surface area contributed by atoms with Gasteiger partial charge in [0.2, 0.25) is 5.88 Å². The van der Waals surface area contributed by atoms with Gasteiger partial charge in [-0.2, -0.15) is 5.26 Å². The smallest absolute Gasteiger partial charge is 0.338 e. The van der Waals surface area contributed by atoms with Gasteiger partial charge in [0.15, 0.2) is 0 Å². The molecule has 0 saturated heterocycles. The van der Waals surface area contributed by atoms with Crippen molar-refractivity contribution in [3.63, 3.8) is 0 Å². The summed E-state index contributed by atoms with van der Waals surface area (Å²) in [6.07, 6.45) is 1.31. The molecule has 0 aliphatic carbocycles. The summed E-state index contributed by atoms with van der Waals surface area (Å²) in [5.41, 5.74) is 7.50. The topological polar surface area (TPSA) is 85.3 Å². The Kier molecular flexibility index (Phi) is 5.46. The second kappa shape index (κ2) is 7.96. The van der Waals surface area contributed by atoms with E-state index in [0.29, 0.717) is 17.8 Å². The highest BCUT2D eigenvalue weighted by atomic mass is 16.5. The second-order valence-electron chi connectivity index (χ2n) is 6.30. The summed E-state index contributed by atoms with van der Waals surface area (Å²) in [5.74, 6) is -0.563. The van der Waals surface area contributed by atoms with Crippen molar-refractivity contribution in [3.8, 4) is 6.07 Å². The first-order valence-electron chi connectivity index (χ1n) is 9.07. The molecule has 1 aliphatic heterocycles. The van der Waals surface area contributed by atoms with E-state index < -0.39 is 11.9 Å². The third-order valence-electron chi connectivity index (χ3n) is 4.60. The van der Waals surface area contributed by atoms with E-state index in [2.05, 4.69) is 6.07 Å². The van der Waals surface area contributed by atoms with Crippen LogP contribution in [-0.2, 0) is 14.3 Å². The van der Waals surface area contributed by atoms with Crippen LogP contribution >= 0.6 is 0 Å². The van der Waals surface area contributed by atoms with Gasteiger partial charge in [-0.1, -0.05) is 49.4 Å². The summed E-state index contributed by atoms with van der Waals surface area (Å²) >= 11 is 0. The highest BCUT2D eigenvalue weighted by molar-refractivity contribution is 5.95. The van der Waals surface area contributed by atoms with E-state index in [4.69, 9.17) is 15.2 Å². The van der Waals surface area contributed by atoms with Crippen LogP contribution in [0, 0.1) is 11.3 Å². The van der Waals surface area contributed by atoms with E-state index in [1.54, 1.807) is 6.92 Å². The van der Waals surface area contributed by atoms with Gasteiger partial charge in [0, 0.05) is 6.42 Å². The minimum absolute atomic E-state index is 0.0481. The minimum Gasteiger partial charge on any atom is -0.463 e. The van der Waals surface area contributed by atoms with Crippen LogP contribution in [0.2, 0.25) is 0 Å². The Labute approximate surface area is 158 Å². The predicted octanol–water partition coefficient (Wildman–Crippen LogP) is 4.26. The zero-order valence-corrected chi connectivity index (χ0v) is 15.5. The quantitative estimate of drug-likeness (QED) is 0.803. The highest BCUT2D eigenvalue weighted by Gasteiger charge is 2.37. The number of hydrogen-bond acceptors (Lipinski definition) is 5. The van der Waals surface area contributed by atoms with E-state index in [1.807, 2.05) is 49.4 Å². The molecule has 0 unspecified atom stereocenters. The first-order chi connectivity index (χ1) is 13.1. The summed E-state index contributed by atoms with van der Waals surface area (Å²) in [4.78, 5) is 12.8. The maximum atomic E-state index is 12.8. The number of ether oxygens (including phenoxy) is 2. The molecule has 138 valence electrons. The van der Waals surface area contributed by atoms with Gasteiger partial charge in [-0.3, -0.25) is 0 Å². The minimum atomic E-state index is -0.615. The van der Waals surface area contributed by atoms with Crippen LogP contribution in [0.4, 0.5) is 0 Å². The number of nitrogens with zero attached hydrogens (tertiary/aromatic N) is 1. The predicted molar refractivity (Wildman–Crippen MR) is 103 cm³/mol. The van der Waals surface area contributed by atoms with Gasteiger partial charge in [-0.15, -0.1) is 0 Å². The molecular weight excluding hydrogens is 340 g/mol. The second-order valence-corrected chi connectivity index (χ2v) is 6.30. The first-order valence-corrected chi connectivity index (χ1v) is 9.07. The van der Waals surface area contributed by atoms with E-state index in [9.17, 15) is 10.1 Å². The Morgan fingerprint density at radius 3 is 2.67 bits per heavy atom. The largest absolute Gasteiger partial charge is 0.463 e. The third kappa shape index (κ3) is 3.39. The number of allylic oxidation sites excluding steroid dienone is 2. The monoisotopic (exact) mass is 362 g/mol. The van der Waals surface area contributed by atoms with Crippen molar-refractivity contribution in [1.82, 2.24) is 0 Å². The number of rotatable bonds is 5. The van der Waals surface area contributed by atoms with Crippen LogP contribution in [0.25, 0.3) is 10.8 Å². The molecule has 1 atom stereocenters. The van der Waals surface area contributed by atoms with E-state index in [0.717, 1.165) is 22.8 Å². The molecule has 0 radical (unpaired) electrons. The number of hydrogen-bond donors (Lipinski definition) is 1. The van der Waals surface area contributed by atoms with Crippen LogP contribution in [0.15, 0.2) is 65.3 Å². The Bertz CT molecular complexity index is 977. The zero-order chi connectivity index (χ0) is 19.4. The molecule has 1 heterocycles. The fraction of sp³-hybridized carbons (Fsp3) is 0.273. The molecule has 5 nitrogen and oxygen atoms in total. The SMILES string of the molecule is CCCC1=C(C(=O)OCC)[C@@H](c2cccc3ccccc23)C(C#N)=C(N)O1. The van der Waals surface area contributed by atoms with Gasteiger partial charge in [0.25, 0.3) is 0 Å². The van der Waals surface area contributed by atoms with Crippen molar-refractivity contribution in [2.75, 3.05) is 6.61 Å². The van der Waals surface area contributed by atoms with Gasteiger partial charge in [0.1, 0.15) is 17.4 Å². The summed E-state index contributed by atoms with van der Waals surface area (Å²) in [5, 5.41) is 11.8. The first kappa shape index (κ1) is 18.5. The lowest BCUT2D eigenvalue weighted by molar-refractivity contribution is -0.139. The van der Waals surface area contributed by atoms with Gasteiger partial charge in [-0.05, 0) is 29.7 Å². The lowest BCUT2D eigenvalue weighted by Crippen LogP contribution is -2.26. The molecule has 0 amide bonds. The third-order valence-corrected chi connectivity index (χ3v) is 4.60. The van der Waals surface area contributed by atoms with Crippen molar-refractivity contribution in [3.05, 3.63) is 70.8 Å². The van der Waals surface area contributed by atoms with Gasteiger partial charge < -0.3 is 15.2 Å². The van der Waals surface area contributed by atoms with Gasteiger partial charge >= 0.3 is 5.97 Å². The lowest BCUT2D eigenvalue weighted by atomic mass is 9.80. The summed E-state index contributed by atoms with van der Waals surface area (Å²) in [7, 11) is 0. The molecule has 27 heavy (non-hydrogen) atoms. The average Bonchev–Trinajstić information content (AvgIpc) is 2.67. The molecule has 0 aromatic heterocycles. The number of nitriles is 1. The normalized spacial score (nSPS) is 16.9. The van der Waals surface area contributed by atoms with Gasteiger partial charge in [0.05, 0.1) is 18.1 Å². The Morgan fingerprint density at radius 1 is 1.22 bits per heavy atom. The molecule has 0 spiro atoms. The molecule has 0 saturated carbocycles. The molecule has 1 aliphatic rings. The molecule has 2 N–H and O–H groups in total. The molecule has 3 rings (SSSR count). The summed E-state index contributed by atoms with van der Waals surface area (Å²) in [6, 6.07) is 15.8. The van der Waals surface area contributed by atoms with Crippen LogP contribution in [0.1, 0.15) is 38.2 Å². The van der Waals surface area contributed by atoms with Crippen molar-refractivity contribution < 1.29 is 14.3 Å². The van der Waals surface area contributed by atoms with Crippen molar-refractivity contribution in [2.45, 2.75) is 32.6 Å². The lowest BCUT2D eigenvalue weighted by Gasteiger charge is -2.28. The maximum absolute atomic E-state index is 12.8. The maximum Gasteiger partial charge on any atom is 0.338 e. The molecule has 5 heteroatoms. The van der Waals surface area contributed by atoms with E-state index >= 15 is 0 Å². The summed E-state index contributed by atoms with van der Waals surface area (Å²) in [6.45, 7) is 3.99. The number of carbonyl (C=O) groups excluding carboxylic acids is 1. The number of carbonyl (C=O) groups is 1. The number of esters is 1. The van der Waals surface area contributed by atoms with Crippen LogP contribution < -0.4 is 5.73 Å². The zero-order valence-electron chi connectivity index (χ0n) is 15.5. The average molecular weight is 362 g/mol. The van der Waals surface area contributed by atoms with Crippen LogP contribution in [0.3, 0.4) is 0 Å². The highest BCUT2D eigenvalue weighted by Crippen LogP contribution is 2.43. The Hall–Kier alpha value is -3.26. The Balaban J connectivity index is 2.30. The standard InChI is InChI=1S/C22H22N2O3/c1-3-8-18-20(22(25)26-4-2)19(17(13-23)21(24)27-18)16-12-7-10-14-9-5-6-11-15(14)16/h5-7,9-12,19H,3-4,8,24H2,1-2H3/t19-/m0/s1.